The van der Waals surface area contributed by atoms with Crippen molar-refractivity contribution in [2.45, 2.75) is 26.2 Å². The van der Waals surface area contributed by atoms with Crippen molar-refractivity contribution in [1.82, 2.24) is 5.43 Å². The van der Waals surface area contributed by atoms with Crippen molar-refractivity contribution in [2.75, 3.05) is 0 Å². The highest BCUT2D eigenvalue weighted by atomic mass is 16.5. The maximum absolute atomic E-state index is 12.9. The van der Waals surface area contributed by atoms with Gasteiger partial charge in [-0.2, -0.15) is 10.4 Å². The topological polar surface area (TPSA) is 118 Å². The third-order valence-electron chi connectivity index (χ3n) is 5.96. The van der Waals surface area contributed by atoms with E-state index in [1.54, 1.807) is 43.3 Å². The molecule has 178 valence electrons. The number of nitrogens with one attached hydrogen (secondary N) is 1. The molecule has 0 aliphatic heterocycles. The molecule has 1 amide bonds. The maximum atomic E-state index is 12.9. The third kappa shape index (κ3) is 4.55. The molecule has 36 heavy (non-hydrogen) atoms. The molecule has 2 aromatic carbocycles. The Hall–Kier alpha value is -4.90. The number of aryl methyl sites for hydroxylation is 1. The summed E-state index contributed by atoms with van der Waals surface area (Å²) in [6, 6.07) is 19.6. The fourth-order valence-corrected chi connectivity index (χ4v) is 4.16. The first-order valence-corrected chi connectivity index (χ1v) is 11.4. The van der Waals surface area contributed by atoms with Crippen LogP contribution in [-0.2, 0) is 6.42 Å². The van der Waals surface area contributed by atoms with Crippen LogP contribution in [-0.4, -0.2) is 17.6 Å². The van der Waals surface area contributed by atoms with Crippen molar-refractivity contribution in [3.05, 3.63) is 101 Å². The van der Waals surface area contributed by atoms with Crippen molar-refractivity contribution in [2.24, 2.45) is 5.10 Å². The van der Waals surface area contributed by atoms with Crippen LogP contribution >= 0.6 is 0 Å². The van der Waals surface area contributed by atoms with Crippen LogP contribution in [0.3, 0.4) is 0 Å². The number of hydrogen-bond acceptors (Lipinski definition) is 7. The minimum absolute atomic E-state index is 0.114. The van der Waals surface area contributed by atoms with Gasteiger partial charge in [-0.3, -0.25) is 4.79 Å². The van der Waals surface area contributed by atoms with Gasteiger partial charge in [-0.25, -0.2) is 10.2 Å². The van der Waals surface area contributed by atoms with E-state index in [2.05, 4.69) is 16.6 Å². The number of hydrogen-bond donors (Lipinski definition) is 1. The molecule has 2 heterocycles. The first-order valence-electron chi connectivity index (χ1n) is 11.4. The number of esters is 1. The smallest absolute Gasteiger partial charge is 0.379 e. The van der Waals surface area contributed by atoms with Gasteiger partial charge in [-0.1, -0.05) is 24.3 Å². The van der Waals surface area contributed by atoms with E-state index in [0.29, 0.717) is 41.2 Å². The number of benzene rings is 2. The van der Waals surface area contributed by atoms with Gasteiger partial charge in [0, 0.05) is 17.5 Å². The van der Waals surface area contributed by atoms with E-state index in [0.717, 1.165) is 23.1 Å². The Morgan fingerprint density at radius 2 is 1.75 bits per heavy atom. The lowest BCUT2D eigenvalue weighted by molar-refractivity contribution is 0.0698. The molecular weight excluding hydrogens is 458 g/mol. The molecule has 1 aliphatic rings. The van der Waals surface area contributed by atoms with E-state index in [4.69, 9.17) is 18.8 Å². The summed E-state index contributed by atoms with van der Waals surface area (Å²) in [5.74, 6) is 0.243. The van der Waals surface area contributed by atoms with Gasteiger partial charge in [-0.05, 0) is 67.3 Å². The lowest BCUT2D eigenvalue weighted by atomic mass is 9.93. The number of ether oxygens (including phenoxy) is 1. The number of rotatable bonds is 5. The average Bonchev–Trinajstić information content (AvgIpc) is 3.57. The third-order valence-corrected chi connectivity index (χ3v) is 5.96. The number of hydrazone groups is 1. The van der Waals surface area contributed by atoms with Crippen molar-refractivity contribution in [3.8, 4) is 22.9 Å². The summed E-state index contributed by atoms with van der Waals surface area (Å²) in [5, 5.41) is 13.2. The van der Waals surface area contributed by atoms with Gasteiger partial charge in [0.1, 0.15) is 11.5 Å². The lowest BCUT2D eigenvalue weighted by Crippen LogP contribution is -2.21. The highest BCUT2D eigenvalue weighted by molar-refractivity contribution is 6.06. The van der Waals surface area contributed by atoms with Crippen LogP contribution in [0.1, 0.15) is 56.4 Å². The Labute approximate surface area is 206 Å². The first kappa shape index (κ1) is 22.9. The molecular formula is C28H21N3O5. The number of furan rings is 2. The van der Waals surface area contributed by atoms with E-state index in [1.165, 1.54) is 6.26 Å². The minimum atomic E-state index is -0.605. The lowest BCUT2D eigenvalue weighted by Gasteiger charge is -2.13. The second kappa shape index (κ2) is 9.76. The van der Waals surface area contributed by atoms with Crippen molar-refractivity contribution < 1.29 is 23.2 Å². The van der Waals surface area contributed by atoms with E-state index in [-0.39, 0.29) is 11.5 Å². The van der Waals surface area contributed by atoms with Gasteiger partial charge in [0.2, 0.25) is 5.76 Å². The Kier molecular flexibility index (Phi) is 6.20. The first-order chi connectivity index (χ1) is 17.5. The standard InChI is InChI=1S/C28H21N3O5/c1-17-25-22(30-31-27(32)24-6-3-15-34-24)4-2-5-23(25)36-26(17)28(33)35-21-13-11-20(12-14-21)19-9-7-18(16-29)8-10-19/h3,6-15H,2,4-5H2,1H3,(H,31,32)/b30-22+. The molecule has 0 spiro atoms. The van der Waals surface area contributed by atoms with E-state index >= 15 is 0 Å². The molecule has 0 atom stereocenters. The van der Waals surface area contributed by atoms with Crippen LogP contribution in [0.25, 0.3) is 11.1 Å². The van der Waals surface area contributed by atoms with Gasteiger partial charge in [0.15, 0.2) is 5.76 Å². The molecule has 8 nitrogen and oxygen atoms in total. The summed E-state index contributed by atoms with van der Waals surface area (Å²) < 4.78 is 16.5. The average molecular weight is 479 g/mol. The minimum Gasteiger partial charge on any atom is -0.459 e. The molecule has 2 aromatic heterocycles. The summed E-state index contributed by atoms with van der Waals surface area (Å²) in [5.41, 5.74) is 6.97. The van der Waals surface area contributed by atoms with Gasteiger partial charge in [-0.15, -0.1) is 0 Å². The largest absolute Gasteiger partial charge is 0.459 e. The fourth-order valence-electron chi connectivity index (χ4n) is 4.16. The van der Waals surface area contributed by atoms with Crippen LogP contribution in [0.15, 0.2) is 80.9 Å². The zero-order chi connectivity index (χ0) is 25.1. The summed E-state index contributed by atoms with van der Waals surface area (Å²) in [6.45, 7) is 1.78. The summed E-state index contributed by atoms with van der Waals surface area (Å²) in [6.07, 6.45) is 3.49. The zero-order valence-corrected chi connectivity index (χ0v) is 19.4. The zero-order valence-electron chi connectivity index (χ0n) is 19.4. The van der Waals surface area contributed by atoms with Crippen LogP contribution in [0, 0.1) is 18.3 Å². The molecule has 5 rings (SSSR count). The second-order valence-corrected chi connectivity index (χ2v) is 8.29. The molecule has 0 unspecified atom stereocenters. The highest BCUT2D eigenvalue weighted by Crippen LogP contribution is 2.31. The Morgan fingerprint density at radius 1 is 1.03 bits per heavy atom. The Morgan fingerprint density at radius 3 is 2.42 bits per heavy atom. The molecule has 0 saturated carbocycles. The van der Waals surface area contributed by atoms with Crippen molar-refractivity contribution >= 4 is 17.6 Å². The monoisotopic (exact) mass is 479 g/mol. The van der Waals surface area contributed by atoms with E-state index in [1.807, 2.05) is 24.3 Å². The molecule has 0 bridgehead atoms. The maximum Gasteiger partial charge on any atom is 0.379 e. The van der Waals surface area contributed by atoms with Gasteiger partial charge < -0.3 is 13.6 Å². The molecule has 0 radical (unpaired) electrons. The number of fused-ring (bicyclic) bond motifs is 1. The number of carbonyl (C=O) groups is 2. The fraction of sp³-hybridized carbons (Fsp3) is 0.143. The van der Waals surface area contributed by atoms with E-state index in [9.17, 15) is 9.59 Å². The molecule has 8 heteroatoms. The Balaban J connectivity index is 1.32. The van der Waals surface area contributed by atoms with Crippen molar-refractivity contribution in [1.29, 1.82) is 5.26 Å². The number of nitriles is 1. The summed E-state index contributed by atoms with van der Waals surface area (Å²) in [4.78, 5) is 25.1. The Bertz CT molecular complexity index is 1490. The van der Waals surface area contributed by atoms with Crippen LogP contribution < -0.4 is 10.2 Å². The molecule has 1 aliphatic carbocycles. The number of amides is 1. The SMILES string of the molecule is Cc1c(C(=O)Oc2ccc(-c3ccc(C#N)cc3)cc2)oc2c1/C(=N/NC(=O)c1ccco1)CCC2. The highest BCUT2D eigenvalue weighted by Gasteiger charge is 2.29. The van der Waals surface area contributed by atoms with Crippen LogP contribution in [0.4, 0.5) is 0 Å². The predicted octanol–water partition coefficient (Wildman–Crippen LogP) is 5.41. The van der Waals surface area contributed by atoms with Gasteiger partial charge in [0.25, 0.3) is 0 Å². The van der Waals surface area contributed by atoms with Crippen LogP contribution in [0.2, 0.25) is 0 Å². The van der Waals surface area contributed by atoms with Crippen molar-refractivity contribution in [3.63, 3.8) is 0 Å². The molecule has 1 N–H and O–H groups in total. The molecule has 0 fully saturated rings. The molecule has 4 aromatic rings. The van der Waals surface area contributed by atoms with Gasteiger partial charge >= 0.3 is 11.9 Å². The normalized spacial score (nSPS) is 13.6. The number of carbonyl (C=O) groups excluding carboxylic acids is 2. The molecule has 0 saturated heterocycles. The van der Waals surface area contributed by atoms with Gasteiger partial charge in [0.05, 0.1) is 23.6 Å². The quantitative estimate of drug-likeness (QED) is 0.232. The van der Waals surface area contributed by atoms with Crippen LogP contribution in [0.5, 0.6) is 5.75 Å². The summed E-state index contributed by atoms with van der Waals surface area (Å²) in [7, 11) is 0. The second-order valence-electron chi connectivity index (χ2n) is 8.29. The summed E-state index contributed by atoms with van der Waals surface area (Å²) >= 11 is 0. The van der Waals surface area contributed by atoms with E-state index < -0.39 is 11.9 Å². The predicted molar refractivity (Wildman–Crippen MR) is 131 cm³/mol. The number of nitrogens with zero attached hydrogens (tertiary/aromatic N) is 2.